The summed E-state index contributed by atoms with van der Waals surface area (Å²) in [7, 11) is 1.69. The number of nitrogens with zero attached hydrogens (tertiary/aromatic N) is 3. The molecule has 6 aromatic rings. The maximum Gasteiger partial charge on any atom is 0.419 e. The first-order valence-electron chi connectivity index (χ1n) is 12.3. The van der Waals surface area contributed by atoms with E-state index in [1.807, 2.05) is 103 Å². The molecule has 0 aliphatic carbocycles. The second-order valence-electron chi connectivity index (χ2n) is 9.13. The second kappa shape index (κ2) is 9.72. The van der Waals surface area contributed by atoms with Crippen molar-refractivity contribution in [1.29, 1.82) is 5.26 Å². The van der Waals surface area contributed by atoms with E-state index in [4.69, 9.17) is 13.8 Å². The number of aliphatic imine (C=N–C) groups is 1. The molecule has 6 heteroatoms. The molecule has 0 saturated heterocycles. The molecule has 0 N–H and O–H groups in total. The van der Waals surface area contributed by atoms with Crippen LogP contribution in [-0.4, -0.2) is 16.3 Å². The van der Waals surface area contributed by atoms with Crippen molar-refractivity contribution in [2.75, 3.05) is 0 Å². The van der Waals surface area contributed by atoms with Crippen LogP contribution in [0.25, 0.3) is 33.2 Å². The zero-order chi connectivity index (χ0) is 26.1. The van der Waals surface area contributed by atoms with Gasteiger partial charge >= 0.3 is 5.76 Å². The molecule has 184 valence electrons. The Morgan fingerprint density at radius 1 is 0.842 bits per heavy atom. The maximum absolute atomic E-state index is 11.9. The third-order valence-corrected chi connectivity index (χ3v) is 6.62. The van der Waals surface area contributed by atoms with Crippen molar-refractivity contribution in [1.82, 2.24) is 4.57 Å². The summed E-state index contributed by atoms with van der Waals surface area (Å²) in [5.74, 6) is 0.310. The summed E-state index contributed by atoms with van der Waals surface area (Å²) in [5.41, 5.74) is 6.69. The van der Waals surface area contributed by atoms with Gasteiger partial charge in [0.15, 0.2) is 5.58 Å². The zero-order valence-corrected chi connectivity index (χ0v) is 20.7. The Morgan fingerprint density at radius 3 is 2.13 bits per heavy atom. The number of hydrogen-bond donors (Lipinski definition) is 0. The Hall–Kier alpha value is -5.15. The first-order chi connectivity index (χ1) is 18.6. The first kappa shape index (κ1) is 23.3. The molecule has 1 unspecified atom stereocenters. The van der Waals surface area contributed by atoms with Crippen LogP contribution in [0.15, 0.2) is 122 Å². The van der Waals surface area contributed by atoms with Crippen LogP contribution in [-0.2, 0) is 13.5 Å². The van der Waals surface area contributed by atoms with Crippen LogP contribution in [0.4, 0.5) is 0 Å². The molecule has 0 spiro atoms. The molecule has 0 radical (unpaired) electrons. The number of rotatable bonds is 6. The van der Waals surface area contributed by atoms with E-state index in [2.05, 4.69) is 6.07 Å². The highest BCUT2D eigenvalue weighted by Crippen LogP contribution is 2.29. The smallest absolute Gasteiger partial charge is 0.419 e. The maximum atomic E-state index is 11.9. The lowest BCUT2D eigenvalue weighted by atomic mass is 10.0. The lowest BCUT2D eigenvalue weighted by molar-refractivity contribution is 0.528. The largest absolute Gasteiger partial charge is 0.461 e. The first-order valence-corrected chi connectivity index (χ1v) is 12.3. The number of fused-ring (bicyclic) bond motifs is 2. The Kier molecular flexibility index (Phi) is 5.95. The molecule has 2 aromatic heterocycles. The highest BCUT2D eigenvalue weighted by molar-refractivity contribution is 6.13. The SMILES string of the molecule is Cn1c(=O)oc2ccc(-c3ccc4oc(CC(C#N)N=C(c5ccccc5)c5ccccc5)cc4c3)cc21. The van der Waals surface area contributed by atoms with Crippen molar-refractivity contribution in [3.8, 4) is 17.2 Å². The van der Waals surface area contributed by atoms with Crippen molar-refractivity contribution in [2.45, 2.75) is 12.5 Å². The van der Waals surface area contributed by atoms with Gasteiger partial charge in [0.2, 0.25) is 0 Å². The molecule has 2 heterocycles. The fraction of sp³-hybridized carbons (Fsp3) is 0.0938. The normalized spacial score (nSPS) is 11.9. The molecule has 0 bridgehead atoms. The molecule has 0 aliphatic rings. The zero-order valence-electron chi connectivity index (χ0n) is 20.7. The van der Waals surface area contributed by atoms with Crippen LogP contribution in [0, 0.1) is 11.3 Å². The average Bonchev–Trinajstić information content (AvgIpc) is 3.50. The summed E-state index contributed by atoms with van der Waals surface area (Å²) in [6.07, 6.45) is 0.354. The van der Waals surface area contributed by atoms with Gasteiger partial charge in [-0.25, -0.2) is 4.79 Å². The van der Waals surface area contributed by atoms with Crippen molar-refractivity contribution in [3.63, 3.8) is 0 Å². The molecular formula is C32H23N3O3. The molecule has 38 heavy (non-hydrogen) atoms. The second-order valence-corrected chi connectivity index (χ2v) is 9.13. The van der Waals surface area contributed by atoms with Gasteiger partial charge in [-0.2, -0.15) is 5.26 Å². The molecule has 4 aromatic carbocycles. The average molecular weight is 498 g/mol. The Morgan fingerprint density at radius 2 is 1.47 bits per heavy atom. The number of oxazole rings is 1. The minimum Gasteiger partial charge on any atom is -0.461 e. The lowest BCUT2D eigenvalue weighted by Gasteiger charge is -2.10. The van der Waals surface area contributed by atoms with Crippen LogP contribution in [0.3, 0.4) is 0 Å². The van der Waals surface area contributed by atoms with Crippen LogP contribution in [0.5, 0.6) is 0 Å². The van der Waals surface area contributed by atoms with E-state index in [0.717, 1.165) is 44.5 Å². The van der Waals surface area contributed by atoms with Gasteiger partial charge in [-0.1, -0.05) is 72.8 Å². The standard InChI is InChI=1S/C32H23N3O3/c1-35-28-18-24(13-15-30(28)38-32(35)36)23-12-14-29-25(16-23)17-27(37-29)19-26(20-33)34-31(21-8-4-2-5-9-21)22-10-6-3-7-11-22/h2-18,26H,19H2,1H3. The number of hydrogen-bond acceptors (Lipinski definition) is 5. The third kappa shape index (κ3) is 4.42. The van der Waals surface area contributed by atoms with E-state index >= 15 is 0 Å². The van der Waals surface area contributed by atoms with Crippen molar-refractivity contribution < 1.29 is 8.83 Å². The van der Waals surface area contributed by atoms with Crippen molar-refractivity contribution >= 4 is 27.8 Å². The summed E-state index contributed by atoms with van der Waals surface area (Å²) >= 11 is 0. The van der Waals surface area contributed by atoms with E-state index < -0.39 is 6.04 Å². The minimum absolute atomic E-state index is 0.354. The summed E-state index contributed by atoms with van der Waals surface area (Å²) in [6, 6.07) is 35.1. The van der Waals surface area contributed by atoms with Crippen LogP contribution in [0.1, 0.15) is 16.9 Å². The number of nitriles is 1. The van der Waals surface area contributed by atoms with Crippen LogP contribution in [0.2, 0.25) is 0 Å². The van der Waals surface area contributed by atoms with Crippen molar-refractivity contribution in [2.24, 2.45) is 12.0 Å². The predicted molar refractivity (Wildman–Crippen MR) is 148 cm³/mol. The Labute approximate surface area is 218 Å². The van der Waals surface area contributed by atoms with E-state index in [1.54, 1.807) is 7.05 Å². The molecule has 0 amide bonds. The van der Waals surface area contributed by atoms with Gasteiger partial charge in [0.05, 0.1) is 17.3 Å². The molecule has 0 aliphatic heterocycles. The van der Waals surface area contributed by atoms with E-state index in [1.165, 1.54) is 4.57 Å². The summed E-state index contributed by atoms with van der Waals surface area (Å²) in [5, 5.41) is 10.9. The topological polar surface area (TPSA) is 84.4 Å². The third-order valence-electron chi connectivity index (χ3n) is 6.62. The lowest BCUT2D eigenvalue weighted by Crippen LogP contribution is -2.12. The quantitative estimate of drug-likeness (QED) is 0.245. The van der Waals surface area contributed by atoms with E-state index in [9.17, 15) is 10.1 Å². The summed E-state index contributed by atoms with van der Waals surface area (Å²) in [4.78, 5) is 16.7. The monoisotopic (exact) mass is 497 g/mol. The number of aromatic nitrogens is 1. The van der Waals surface area contributed by atoms with Gasteiger partial charge in [-0.3, -0.25) is 9.56 Å². The van der Waals surface area contributed by atoms with Gasteiger partial charge in [0.25, 0.3) is 0 Å². The highest BCUT2D eigenvalue weighted by atomic mass is 16.4. The van der Waals surface area contributed by atoms with E-state index in [0.29, 0.717) is 17.8 Å². The molecule has 0 fully saturated rings. The minimum atomic E-state index is -0.616. The number of benzene rings is 4. The highest BCUT2D eigenvalue weighted by Gasteiger charge is 2.16. The van der Waals surface area contributed by atoms with Gasteiger partial charge in [0.1, 0.15) is 17.4 Å². The number of furan rings is 1. The van der Waals surface area contributed by atoms with Crippen LogP contribution < -0.4 is 5.76 Å². The van der Waals surface area contributed by atoms with Gasteiger partial charge in [0, 0.05) is 30.0 Å². The fourth-order valence-electron chi connectivity index (χ4n) is 4.66. The molecule has 1 atom stereocenters. The van der Waals surface area contributed by atoms with Crippen molar-refractivity contribution in [3.05, 3.63) is 131 Å². The van der Waals surface area contributed by atoms with Gasteiger partial charge in [-0.15, -0.1) is 0 Å². The predicted octanol–water partition coefficient (Wildman–Crippen LogP) is 6.52. The Balaban J connectivity index is 1.32. The molecule has 6 nitrogen and oxygen atoms in total. The fourth-order valence-corrected chi connectivity index (χ4v) is 4.66. The molecule has 6 rings (SSSR count). The molecule has 0 saturated carbocycles. The van der Waals surface area contributed by atoms with Gasteiger partial charge < -0.3 is 8.83 Å². The Bertz CT molecular complexity index is 1850. The molecular weight excluding hydrogens is 474 g/mol. The van der Waals surface area contributed by atoms with Gasteiger partial charge in [-0.05, 0) is 41.5 Å². The van der Waals surface area contributed by atoms with Crippen LogP contribution >= 0.6 is 0 Å². The summed E-state index contributed by atoms with van der Waals surface area (Å²) < 4.78 is 12.8. The number of aryl methyl sites for hydroxylation is 1. The van der Waals surface area contributed by atoms with E-state index in [-0.39, 0.29) is 5.76 Å². The summed E-state index contributed by atoms with van der Waals surface area (Å²) in [6.45, 7) is 0.